The van der Waals surface area contributed by atoms with Gasteiger partial charge in [0.25, 0.3) is 0 Å². The first-order valence-electron chi connectivity index (χ1n) is 5.64. The summed E-state index contributed by atoms with van der Waals surface area (Å²) >= 11 is 0. The number of hydrogen-bond acceptors (Lipinski definition) is 3. The lowest BCUT2D eigenvalue weighted by molar-refractivity contribution is -0.316. The van der Waals surface area contributed by atoms with Crippen molar-refractivity contribution < 1.29 is 20.1 Å². The van der Waals surface area contributed by atoms with E-state index in [-0.39, 0.29) is 5.48 Å². The van der Waals surface area contributed by atoms with Crippen molar-refractivity contribution in [3.63, 3.8) is 0 Å². The zero-order valence-corrected chi connectivity index (χ0v) is 9.66. The summed E-state index contributed by atoms with van der Waals surface area (Å²) in [6.07, 6.45) is 10.1. The maximum Gasteiger partial charge on any atom is 0.365 e. The van der Waals surface area contributed by atoms with Crippen LogP contribution in [0.5, 0.6) is 0 Å². The van der Waals surface area contributed by atoms with E-state index in [1.54, 1.807) is 6.92 Å². The van der Waals surface area contributed by atoms with Crippen LogP contribution in [0.15, 0.2) is 23.7 Å². The van der Waals surface area contributed by atoms with Gasteiger partial charge in [0.15, 0.2) is 0 Å². The van der Waals surface area contributed by atoms with E-state index in [1.165, 1.54) is 0 Å². The van der Waals surface area contributed by atoms with Gasteiger partial charge in [0.1, 0.15) is 0 Å². The Balaban J connectivity index is 0.00000128. The van der Waals surface area contributed by atoms with Crippen LogP contribution >= 0.6 is 0 Å². The molecule has 2 aliphatic rings. The predicted octanol–water partition coefficient (Wildman–Crippen LogP) is 2.00. The van der Waals surface area contributed by atoms with Gasteiger partial charge < -0.3 is 20.1 Å². The molecule has 0 saturated heterocycles. The average molecular weight is 228 g/mol. The molecule has 0 radical (unpaired) electrons. The van der Waals surface area contributed by atoms with Crippen molar-refractivity contribution in [3.8, 4) is 0 Å². The number of ether oxygens (including phenoxy) is 2. The Morgan fingerprint density at radius 3 is 1.81 bits per heavy atom. The van der Waals surface area contributed by atoms with Gasteiger partial charge in [-0.15, -0.1) is 0 Å². The molecule has 92 valence electrons. The van der Waals surface area contributed by atoms with Crippen LogP contribution in [0, 0.1) is 0 Å². The van der Waals surface area contributed by atoms with Gasteiger partial charge in [-0.25, -0.2) is 0 Å². The quantitative estimate of drug-likeness (QED) is 0.748. The molecule has 16 heavy (non-hydrogen) atoms. The monoisotopic (exact) mass is 228 g/mol. The van der Waals surface area contributed by atoms with Gasteiger partial charge >= 0.3 is 5.97 Å². The van der Waals surface area contributed by atoms with E-state index >= 15 is 0 Å². The van der Waals surface area contributed by atoms with Crippen molar-refractivity contribution >= 4 is 0 Å². The largest absolute Gasteiger partial charge is 0.435 e. The molecule has 0 atom stereocenters. The SMILES string of the molecule is CC(O)(OC1=CCCC1)OC1=CCCC1.O. The molecule has 0 aromatic carbocycles. The van der Waals surface area contributed by atoms with Crippen molar-refractivity contribution in [1.29, 1.82) is 0 Å². The zero-order valence-electron chi connectivity index (χ0n) is 9.66. The second-order valence-corrected chi connectivity index (χ2v) is 4.23. The normalized spacial score (nSPS) is 19.9. The fourth-order valence-electron chi connectivity index (χ4n) is 1.98. The number of hydrogen-bond donors (Lipinski definition) is 1. The molecule has 3 N–H and O–H groups in total. The van der Waals surface area contributed by atoms with E-state index in [9.17, 15) is 5.11 Å². The Labute approximate surface area is 95.9 Å². The molecule has 4 nitrogen and oxygen atoms in total. The Morgan fingerprint density at radius 1 is 1.06 bits per heavy atom. The molecule has 0 aliphatic heterocycles. The van der Waals surface area contributed by atoms with E-state index in [1.807, 2.05) is 12.2 Å². The molecule has 0 spiro atoms. The molecule has 0 heterocycles. The molecular formula is C12H20O4. The third kappa shape index (κ3) is 3.54. The van der Waals surface area contributed by atoms with Crippen LogP contribution in [0.3, 0.4) is 0 Å². The van der Waals surface area contributed by atoms with Crippen molar-refractivity contribution in [3.05, 3.63) is 23.7 Å². The number of aliphatic hydroxyl groups is 1. The van der Waals surface area contributed by atoms with Crippen LogP contribution < -0.4 is 0 Å². The molecule has 0 aromatic rings. The van der Waals surface area contributed by atoms with Gasteiger partial charge in [0.2, 0.25) is 0 Å². The maximum atomic E-state index is 9.91. The van der Waals surface area contributed by atoms with Crippen LogP contribution in [-0.4, -0.2) is 16.6 Å². The van der Waals surface area contributed by atoms with Crippen LogP contribution in [0.1, 0.15) is 45.4 Å². The summed E-state index contributed by atoms with van der Waals surface area (Å²) in [7, 11) is 0. The molecule has 0 amide bonds. The van der Waals surface area contributed by atoms with Crippen molar-refractivity contribution in [2.24, 2.45) is 0 Å². The average Bonchev–Trinajstić information content (AvgIpc) is 2.75. The standard InChI is InChI=1S/C12H18O3.H2O/c1-12(13,14-10-6-2-3-7-10)15-11-8-4-5-9-11;/h6,8,13H,2-5,7,9H2,1H3;1H2. The summed E-state index contributed by atoms with van der Waals surface area (Å²) in [6.45, 7) is 1.55. The molecule has 0 bridgehead atoms. The van der Waals surface area contributed by atoms with Gasteiger partial charge in [-0.1, -0.05) is 0 Å². The molecule has 0 aromatic heterocycles. The van der Waals surface area contributed by atoms with Crippen LogP contribution in [0.4, 0.5) is 0 Å². The first kappa shape index (κ1) is 13.1. The van der Waals surface area contributed by atoms with Gasteiger partial charge in [0, 0.05) is 19.8 Å². The third-order valence-corrected chi connectivity index (χ3v) is 2.64. The fraction of sp³-hybridized carbons (Fsp3) is 0.667. The van der Waals surface area contributed by atoms with E-state index in [2.05, 4.69) is 0 Å². The summed E-state index contributed by atoms with van der Waals surface area (Å²) in [5, 5.41) is 9.91. The first-order valence-corrected chi connectivity index (χ1v) is 5.64. The van der Waals surface area contributed by atoms with E-state index in [0.29, 0.717) is 0 Å². The zero-order chi connectivity index (χ0) is 10.7. The van der Waals surface area contributed by atoms with Gasteiger partial charge in [-0.2, -0.15) is 0 Å². The molecule has 2 aliphatic carbocycles. The Kier molecular flexibility index (Phi) is 4.38. The van der Waals surface area contributed by atoms with Crippen LogP contribution in [-0.2, 0) is 9.47 Å². The highest BCUT2D eigenvalue weighted by Crippen LogP contribution is 2.28. The minimum absolute atomic E-state index is 0. The maximum absolute atomic E-state index is 9.91. The van der Waals surface area contributed by atoms with Crippen LogP contribution in [0.25, 0.3) is 0 Å². The van der Waals surface area contributed by atoms with E-state index in [4.69, 9.17) is 9.47 Å². The molecule has 2 rings (SSSR count). The van der Waals surface area contributed by atoms with E-state index < -0.39 is 5.97 Å². The highest BCUT2D eigenvalue weighted by Gasteiger charge is 2.28. The van der Waals surface area contributed by atoms with E-state index in [0.717, 1.165) is 50.0 Å². The van der Waals surface area contributed by atoms with Gasteiger partial charge in [-0.3, -0.25) is 0 Å². The molecule has 4 heteroatoms. The Bertz CT molecular complexity index is 263. The Morgan fingerprint density at radius 2 is 1.50 bits per heavy atom. The molecular weight excluding hydrogens is 208 g/mol. The van der Waals surface area contributed by atoms with Crippen LogP contribution in [0.2, 0.25) is 0 Å². The second-order valence-electron chi connectivity index (χ2n) is 4.23. The number of rotatable bonds is 4. The minimum Gasteiger partial charge on any atom is -0.435 e. The van der Waals surface area contributed by atoms with Gasteiger partial charge in [-0.05, 0) is 37.8 Å². The molecule has 0 fully saturated rings. The summed E-state index contributed by atoms with van der Waals surface area (Å²) in [5.41, 5.74) is 0. The first-order chi connectivity index (χ1) is 7.16. The highest BCUT2D eigenvalue weighted by atomic mass is 16.8. The lowest BCUT2D eigenvalue weighted by atomic mass is 10.3. The lowest BCUT2D eigenvalue weighted by Crippen LogP contribution is -2.30. The lowest BCUT2D eigenvalue weighted by Gasteiger charge is -2.26. The fourth-order valence-corrected chi connectivity index (χ4v) is 1.98. The molecule has 0 unspecified atom stereocenters. The van der Waals surface area contributed by atoms with Gasteiger partial charge in [0.05, 0.1) is 11.5 Å². The second kappa shape index (κ2) is 5.37. The van der Waals surface area contributed by atoms with Crippen molar-refractivity contribution in [2.75, 3.05) is 0 Å². The highest BCUT2D eigenvalue weighted by molar-refractivity contribution is 5.02. The summed E-state index contributed by atoms with van der Waals surface area (Å²) in [4.78, 5) is 0. The topological polar surface area (TPSA) is 70.2 Å². The molecule has 0 saturated carbocycles. The third-order valence-electron chi connectivity index (χ3n) is 2.64. The predicted molar refractivity (Wildman–Crippen MR) is 60.3 cm³/mol. The minimum atomic E-state index is -1.51. The van der Waals surface area contributed by atoms with Crippen molar-refractivity contribution in [2.45, 2.75) is 51.4 Å². The summed E-state index contributed by atoms with van der Waals surface area (Å²) in [5.74, 6) is 0.184. The summed E-state index contributed by atoms with van der Waals surface area (Å²) < 4.78 is 10.8. The van der Waals surface area contributed by atoms with Crippen molar-refractivity contribution in [1.82, 2.24) is 0 Å². The Hall–Kier alpha value is -1.00. The number of allylic oxidation sites excluding steroid dienone is 4. The smallest absolute Gasteiger partial charge is 0.365 e. The summed E-state index contributed by atoms with van der Waals surface area (Å²) in [6, 6.07) is 0.